The van der Waals surface area contributed by atoms with E-state index in [0.717, 1.165) is 0 Å². The smallest absolute Gasteiger partial charge is 0.304 e. The van der Waals surface area contributed by atoms with Crippen LogP contribution in [0.1, 0.15) is 0 Å². The summed E-state index contributed by atoms with van der Waals surface area (Å²) in [6, 6.07) is 7.18. The first-order valence-corrected chi connectivity index (χ1v) is 7.99. The van der Waals surface area contributed by atoms with Gasteiger partial charge in [0.05, 0.1) is 0 Å². The lowest BCUT2D eigenvalue weighted by atomic mass is 10.3. The third-order valence-corrected chi connectivity index (χ3v) is 3.35. The van der Waals surface area contributed by atoms with Crippen LogP contribution in [0.3, 0.4) is 0 Å². The van der Waals surface area contributed by atoms with Gasteiger partial charge in [-0.2, -0.15) is 9.97 Å². The van der Waals surface area contributed by atoms with Crippen LogP contribution in [0.4, 0.5) is 0 Å². The van der Waals surface area contributed by atoms with Crippen LogP contribution in [0.5, 0.6) is 23.5 Å². The van der Waals surface area contributed by atoms with Gasteiger partial charge < -0.3 is 19.4 Å². The number of aromatic nitrogens is 6. The minimum absolute atomic E-state index is 0.131. The Bertz CT molecular complexity index is 970. The Balaban J connectivity index is 1.95. The van der Waals surface area contributed by atoms with Crippen LogP contribution in [0, 0.1) is 19.1 Å². The van der Waals surface area contributed by atoms with E-state index < -0.39 is 0 Å². The first-order chi connectivity index (χ1) is 11.5. The molecule has 0 spiro atoms. The molecule has 0 aliphatic carbocycles. The molecule has 0 aliphatic heterocycles. The number of hydrogen-bond donors (Lipinski definition) is 4. The zero-order chi connectivity index (χ0) is 17.1. The van der Waals surface area contributed by atoms with E-state index in [1.54, 1.807) is 24.3 Å². The molecule has 0 atom stereocenters. The Kier molecular flexibility index (Phi) is 4.89. The van der Waals surface area contributed by atoms with Crippen molar-refractivity contribution in [3.8, 4) is 23.5 Å². The number of aromatic amines is 4. The van der Waals surface area contributed by atoms with Crippen LogP contribution in [0.25, 0.3) is 0 Å². The fraction of sp³-hybridized carbons (Fsp3) is 0. The van der Waals surface area contributed by atoms with Gasteiger partial charge in [0.2, 0.25) is 9.54 Å². The summed E-state index contributed by atoms with van der Waals surface area (Å²) in [5, 5.41) is 0. The zero-order valence-corrected chi connectivity index (χ0v) is 14.9. The lowest BCUT2D eigenvalue weighted by Crippen LogP contribution is -1.98. The maximum Gasteiger partial charge on any atom is 0.304 e. The summed E-state index contributed by atoms with van der Waals surface area (Å²) in [7, 11) is 0. The van der Waals surface area contributed by atoms with Crippen molar-refractivity contribution in [3.63, 3.8) is 0 Å². The van der Waals surface area contributed by atoms with Gasteiger partial charge in [-0.05, 0) is 61.0 Å². The second-order valence-corrected chi connectivity index (χ2v) is 5.84. The Morgan fingerprint density at radius 1 is 0.667 bits per heavy atom. The SMILES string of the molecule is S=c1nc(Oc2ccccc2Oc2nc(=S)[nH]c(=S)[nH]2)[nH]c(=S)[nH]1. The molecular formula is C12H8N6O2S4. The lowest BCUT2D eigenvalue weighted by molar-refractivity contribution is 0.380. The molecule has 0 unspecified atom stereocenters. The molecule has 24 heavy (non-hydrogen) atoms. The minimum Gasteiger partial charge on any atom is -0.422 e. The maximum absolute atomic E-state index is 5.66. The van der Waals surface area contributed by atoms with Crippen molar-refractivity contribution in [1.82, 2.24) is 29.9 Å². The van der Waals surface area contributed by atoms with Gasteiger partial charge in [-0.3, -0.25) is 9.97 Å². The van der Waals surface area contributed by atoms with Gasteiger partial charge >= 0.3 is 12.0 Å². The Hall–Kier alpha value is -2.28. The van der Waals surface area contributed by atoms with E-state index in [1.807, 2.05) is 0 Å². The monoisotopic (exact) mass is 396 g/mol. The first-order valence-electron chi connectivity index (χ1n) is 6.35. The predicted molar refractivity (Wildman–Crippen MR) is 95.8 cm³/mol. The molecular weight excluding hydrogens is 388 g/mol. The molecule has 1 aromatic carbocycles. The van der Waals surface area contributed by atoms with E-state index in [4.69, 9.17) is 58.3 Å². The number of ether oxygens (including phenoxy) is 2. The second kappa shape index (κ2) is 7.09. The second-order valence-electron chi connectivity index (χ2n) is 4.25. The van der Waals surface area contributed by atoms with Crippen molar-refractivity contribution in [1.29, 1.82) is 0 Å². The molecule has 122 valence electrons. The Morgan fingerprint density at radius 3 is 1.46 bits per heavy atom. The highest BCUT2D eigenvalue weighted by Gasteiger charge is 2.09. The van der Waals surface area contributed by atoms with Crippen LogP contribution in [-0.2, 0) is 0 Å². The summed E-state index contributed by atoms with van der Waals surface area (Å²) in [6.45, 7) is 0. The number of benzene rings is 1. The Morgan fingerprint density at radius 2 is 1.08 bits per heavy atom. The molecule has 0 amide bonds. The summed E-state index contributed by atoms with van der Waals surface area (Å²) in [5.41, 5.74) is 0. The summed E-state index contributed by atoms with van der Waals surface area (Å²) < 4.78 is 12.3. The van der Waals surface area contributed by atoms with Crippen molar-refractivity contribution >= 4 is 48.9 Å². The molecule has 4 N–H and O–H groups in total. The standard InChI is InChI=1S/C12H8N6O2S4/c21-9-13-7(14-10(22)17-9)19-5-3-1-2-4-6(5)20-8-15-11(23)18-12(24)16-8/h1-4H,(H2,13,14,17,21,22)(H2,15,16,18,23,24). The summed E-state index contributed by atoms with van der Waals surface area (Å²) in [6.07, 6.45) is 0. The average molecular weight is 397 g/mol. The number of nitrogens with zero attached hydrogens (tertiary/aromatic N) is 2. The first kappa shape index (κ1) is 16.6. The van der Waals surface area contributed by atoms with E-state index in [9.17, 15) is 0 Å². The summed E-state index contributed by atoms with van der Waals surface area (Å²) in [5.74, 6) is 0.743. The van der Waals surface area contributed by atoms with Crippen molar-refractivity contribution < 1.29 is 9.47 Å². The summed E-state index contributed by atoms with van der Waals surface area (Å²) >= 11 is 19.9. The highest BCUT2D eigenvalue weighted by molar-refractivity contribution is 7.72. The van der Waals surface area contributed by atoms with Crippen LogP contribution in [0.15, 0.2) is 24.3 Å². The van der Waals surface area contributed by atoms with Crippen molar-refractivity contribution in [2.24, 2.45) is 0 Å². The lowest BCUT2D eigenvalue weighted by Gasteiger charge is -2.10. The van der Waals surface area contributed by atoms with Gasteiger partial charge in [0.15, 0.2) is 21.0 Å². The molecule has 0 saturated carbocycles. The molecule has 3 rings (SSSR count). The molecule has 8 nitrogen and oxygen atoms in total. The molecule has 0 radical (unpaired) electrons. The van der Waals surface area contributed by atoms with Crippen LogP contribution in [-0.4, -0.2) is 29.9 Å². The van der Waals surface area contributed by atoms with Gasteiger partial charge in [0, 0.05) is 0 Å². The van der Waals surface area contributed by atoms with Gasteiger partial charge in [0.25, 0.3) is 0 Å². The molecule has 0 saturated heterocycles. The molecule has 12 heteroatoms. The molecule has 0 bridgehead atoms. The average Bonchev–Trinajstić information content (AvgIpc) is 2.47. The third-order valence-electron chi connectivity index (χ3n) is 2.55. The van der Waals surface area contributed by atoms with Gasteiger partial charge in [-0.15, -0.1) is 0 Å². The van der Waals surface area contributed by atoms with E-state index in [2.05, 4.69) is 29.9 Å². The highest BCUT2D eigenvalue weighted by atomic mass is 32.1. The molecule has 2 heterocycles. The van der Waals surface area contributed by atoms with Gasteiger partial charge in [-0.1, -0.05) is 12.1 Å². The van der Waals surface area contributed by atoms with Crippen molar-refractivity contribution in [2.75, 3.05) is 0 Å². The van der Waals surface area contributed by atoms with Crippen LogP contribution in [0.2, 0.25) is 0 Å². The molecule has 0 fully saturated rings. The van der Waals surface area contributed by atoms with E-state index >= 15 is 0 Å². The quantitative estimate of drug-likeness (QED) is 0.484. The van der Waals surface area contributed by atoms with Gasteiger partial charge in [0.1, 0.15) is 0 Å². The Labute approximate surface area is 155 Å². The fourth-order valence-corrected chi connectivity index (χ4v) is 2.54. The van der Waals surface area contributed by atoms with E-state index in [1.165, 1.54) is 0 Å². The van der Waals surface area contributed by atoms with Crippen molar-refractivity contribution in [2.45, 2.75) is 0 Å². The molecule has 2 aromatic heterocycles. The highest BCUT2D eigenvalue weighted by Crippen LogP contribution is 2.32. The predicted octanol–water partition coefficient (Wildman–Crippen LogP) is 4.29. The number of rotatable bonds is 4. The van der Waals surface area contributed by atoms with Gasteiger partial charge in [-0.25, -0.2) is 0 Å². The fourth-order valence-electron chi connectivity index (χ4n) is 1.67. The zero-order valence-electron chi connectivity index (χ0n) is 11.7. The molecule has 0 aliphatic rings. The number of para-hydroxylation sites is 2. The van der Waals surface area contributed by atoms with E-state index in [-0.39, 0.29) is 21.6 Å². The summed E-state index contributed by atoms with van der Waals surface area (Å²) in [4.78, 5) is 18.8. The van der Waals surface area contributed by atoms with Crippen LogP contribution < -0.4 is 9.47 Å². The largest absolute Gasteiger partial charge is 0.422 e. The van der Waals surface area contributed by atoms with Crippen LogP contribution >= 0.6 is 48.9 Å². The minimum atomic E-state index is 0.131. The van der Waals surface area contributed by atoms with Crippen molar-refractivity contribution in [3.05, 3.63) is 43.3 Å². The van der Waals surface area contributed by atoms with E-state index in [0.29, 0.717) is 21.0 Å². The number of nitrogens with one attached hydrogen (secondary N) is 4. The number of H-pyrrole nitrogens is 4. The molecule has 3 aromatic rings. The maximum atomic E-state index is 5.66. The number of hydrogen-bond acceptors (Lipinski definition) is 8. The third kappa shape index (κ3) is 4.17. The topological polar surface area (TPSA) is 107 Å². The normalized spacial score (nSPS) is 10.3.